The van der Waals surface area contributed by atoms with E-state index in [0.717, 1.165) is 11.4 Å². The summed E-state index contributed by atoms with van der Waals surface area (Å²) < 4.78 is 15.1. The molecule has 0 saturated heterocycles. The van der Waals surface area contributed by atoms with Crippen LogP contribution >= 0.6 is 0 Å². The molecular weight excluding hydrogens is 319 g/mol. The summed E-state index contributed by atoms with van der Waals surface area (Å²) in [5, 5.41) is 0. The van der Waals surface area contributed by atoms with Crippen LogP contribution in [0.3, 0.4) is 0 Å². The molecule has 1 aliphatic carbocycles. The minimum absolute atomic E-state index is 0.0114. The summed E-state index contributed by atoms with van der Waals surface area (Å²) in [6, 6.07) is 6.89. The van der Waals surface area contributed by atoms with Gasteiger partial charge in [0.05, 0.1) is 13.3 Å². The average molecular weight is 342 g/mol. The fraction of sp³-hybridized carbons (Fsp3) is 0.474. The molecule has 0 radical (unpaired) electrons. The highest BCUT2D eigenvalue weighted by Gasteiger charge is 2.32. The fourth-order valence-electron chi connectivity index (χ4n) is 3.87. The van der Waals surface area contributed by atoms with Crippen molar-refractivity contribution in [1.82, 2.24) is 14.5 Å². The van der Waals surface area contributed by atoms with Crippen molar-refractivity contribution in [2.45, 2.75) is 52.2 Å². The van der Waals surface area contributed by atoms with Crippen molar-refractivity contribution in [2.24, 2.45) is 0 Å². The van der Waals surface area contributed by atoms with Crippen molar-refractivity contribution in [3.05, 3.63) is 51.7 Å². The SMILES string of the molecule is Cc1nc2n(c(=O)c1C)CN(C1CCCC1)CN2c1ccc(F)cc1. The first-order valence-corrected chi connectivity index (χ1v) is 8.90. The van der Waals surface area contributed by atoms with E-state index in [9.17, 15) is 9.18 Å². The first-order chi connectivity index (χ1) is 12.0. The van der Waals surface area contributed by atoms with Crippen LogP contribution in [-0.4, -0.2) is 27.2 Å². The van der Waals surface area contributed by atoms with Gasteiger partial charge in [0.25, 0.3) is 5.56 Å². The number of halogens is 1. The monoisotopic (exact) mass is 342 g/mol. The van der Waals surface area contributed by atoms with Gasteiger partial charge in [-0.25, -0.2) is 9.37 Å². The second-order valence-corrected chi connectivity index (χ2v) is 7.07. The van der Waals surface area contributed by atoms with Crippen molar-refractivity contribution in [2.75, 3.05) is 11.6 Å². The van der Waals surface area contributed by atoms with Crippen LogP contribution in [-0.2, 0) is 6.67 Å². The summed E-state index contributed by atoms with van der Waals surface area (Å²) in [5.41, 5.74) is 2.30. The maximum atomic E-state index is 13.4. The van der Waals surface area contributed by atoms with Gasteiger partial charge in [-0.05, 0) is 51.0 Å². The molecule has 1 aromatic heterocycles. The molecular formula is C19H23FN4O. The van der Waals surface area contributed by atoms with E-state index in [2.05, 4.69) is 9.88 Å². The summed E-state index contributed by atoms with van der Waals surface area (Å²) in [5.74, 6) is 0.382. The smallest absolute Gasteiger partial charge is 0.259 e. The van der Waals surface area contributed by atoms with Gasteiger partial charge in [-0.1, -0.05) is 12.8 Å². The number of nitrogens with zero attached hydrogens (tertiary/aromatic N) is 4. The summed E-state index contributed by atoms with van der Waals surface area (Å²) in [6.07, 6.45) is 4.81. The molecule has 0 N–H and O–H groups in total. The Bertz CT molecular complexity index is 840. The lowest BCUT2D eigenvalue weighted by molar-refractivity contribution is 0.138. The third-order valence-electron chi connectivity index (χ3n) is 5.48. The molecule has 0 atom stereocenters. The standard InChI is InChI=1S/C19H23FN4O/c1-13-14(2)21-19-23(17-9-7-15(20)8-10-17)11-22(12-24(19)18(13)25)16-5-3-4-6-16/h7-10,16H,3-6,11-12H2,1-2H3. The van der Waals surface area contributed by atoms with Crippen molar-refractivity contribution in [1.29, 1.82) is 0 Å². The molecule has 1 aromatic carbocycles. The number of benzene rings is 1. The van der Waals surface area contributed by atoms with Gasteiger partial charge in [-0.15, -0.1) is 0 Å². The minimum atomic E-state index is -0.265. The molecule has 1 saturated carbocycles. The van der Waals surface area contributed by atoms with Crippen LogP contribution in [0.1, 0.15) is 36.9 Å². The topological polar surface area (TPSA) is 41.4 Å². The molecule has 6 heteroatoms. The summed E-state index contributed by atoms with van der Waals surface area (Å²) in [4.78, 5) is 21.9. The van der Waals surface area contributed by atoms with E-state index in [1.807, 2.05) is 18.7 Å². The number of hydrogen-bond acceptors (Lipinski definition) is 4. The third-order valence-corrected chi connectivity index (χ3v) is 5.48. The second-order valence-electron chi connectivity index (χ2n) is 7.07. The summed E-state index contributed by atoms with van der Waals surface area (Å²) in [7, 11) is 0. The van der Waals surface area contributed by atoms with Crippen molar-refractivity contribution in [3.63, 3.8) is 0 Å². The van der Waals surface area contributed by atoms with Gasteiger partial charge in [-0.2, -0.15) is 0 Å². The zero-order chi connectivity index (χ0) is 17.6. The summed E-state index contributed by atoms with van der Waals surface area (Å²) in [6.45, 7) is 4.94. The van der Waals surface area contributed by atoms with Gasteiger partial charge in [0.1, 0.15) is 5.82 Å². The molecule has 0 amide bonds. The largest absolute Gasteiger partial charge is 0.298 e. The van der Waals surface area contributed by atoms with Gasteiger partial charge >= 0.3 is 0 Å². The van der Waals surface area contributed by atoms with Gasteiger partial charge in [0.2, 0.25) is 5.95 Å². The maximum absolute atomic E-state index is 13.4. The number of aromatic nitrogens is 2. The van der Waals surface area contributed by atoms with Crippen LogP contribution in [0.2, 0.25) is 0 Å². The van der Waals surface area contributed by atoms with Crippen LogP contribution in [0.15, 0.2) is 29.1 Å². The van der Waals surface area contributed by atoms with Crippen LogP contribution in [0.25, 0.3) is 0 Å². The first kappa shape index (κ1) is 16.3. The van der Waals surface area contributed by atoms with Crippen LogP contribution in [0.4, 0.5) is 16.0 Å². The van der Waals surface area contributed by atoms with Gasteiger partial charge < -0.3 is 0 Å². The highest BCUT2D eigenvalue weighted by Crippen LogP contribution is 2.32. The molecule has 2 heterocycles. The maximum Gasteiger partial charge on any atom is 0.259 e. The Morgan fingerprint density at radius 2 is 1.76 bits per heavy atom. The molecule has 0 spiro atoms. The zero-order valence-electron chi connectivity index (χ0n) is 14.7. The van der Waals surface area contributed by atoms with Gasteiger partial charge in [0.15, 0.2) is 0 Å². The number of aryl methyl sites for hydroxylation is 1. The normalized spacial score (nSPS) is 18.6. The van der Waals surface area contributed by atoms with Crippen LogP contribution < -0.4 is 10.5 Å². The van der Waals surface area contributed by atoms with E-state index in [0.29, 0.717) is 30.9 Å². The Morgan fingerprint density at radius 3 is 2.44 bits per heavy atom. The van der Waals surface area contributed by atoms with Gasteiger partial charge in [-0.3, -0.25) is 19.2 Å². The quantitative estimate of drug-likeness (QED) is 0.840. The molecule has 1 aliphatic heterocycles. The Hall–Kier alpha value is -2.21. The van der Waals surface area contributed by atoms with Crippen molar-refractivity contribution in [3.8, 4) is 0 Å². The van der Waals surface area contributed by atoms with Gasteiger partial charge in [0, 0.05) is 23.0 Å². The Labute approximate surface area is 146 Å². The molecule has 132 valence electrons. The predicted molar refractivity (Wildman–Crippen MR) is 95.5 cm³/mol. The number of fused-ring (bicyclic) bond motifs is 1. The summed E-state index contributed by atoms with van der Waals surface area (Å²) >= 11 is 0. The lowest BCUT2D eigenvalue weighted by Crippen LogP contribution is -2.50. The number of hydrogen-bond donors (Lipinski definition) is 0. The minimum Gasteiger partial charge on any atom is -0.298 e. The lowest BCUT2D eigenvalue weighted by Gasteiger charge is -2.41. The zero-order valence-corrected chi connectivity index (χ0v) is 14.7. The van der Waals surface area contributed by atoms with E-state index in [-0.39, 0.29) is 11.4 Å². The molecule has 4 rings (SSSR count). The third kappa shape index (κ3) is 2.84. The van der Waals surface area contributed by atoms with Crippen molar-refractivity contribution >= 4 is 11.6 Å². The van der Waals surface area contributed by atoms with E-state index in [1.165, 1.54) is 37.8 Å². The van der Waals surface area contributed by atoms with Crippen molar-refractivity contribution < 1.29 is 4.39 Å². The van der Waals surface area contributed by atoms with E-state index < -0.39 is 0 Å². The fourth-order valence-corrected chi connectivity index (χ4v) is 3.87. The Morgan fingerprint density at radius 1 is 1.08 bits per heavy atom. The van der Waals surface area contributed by atoms with E-state index >= 15 is 0 Å². The highest BCUT2D eigenvalue weighted by atomic mass is 19.1. The second kappa shape index (κ2) is 6.26. The number of rotatable bonds is 2. The highest BCUT2D eigenvalue weighted by molar-refractivity contribution is 5.58. The van der Waals surface area contributed by atoms with E-state index in [1.54, 1.807) is 16.7 Å². The van der Waals surface area contributed by atoms with Crippen LogP contribution in [0.5, 0.6) is 0 Å². The van der Waals surface area contributed by atoms with E-state index in [4.69, 9.17) is 0 Å². The first-order valence-electron chi connectivity index (χ1n) is 8.90. The molecule has 5 nitrogen and oxygen atoms in total. The lowest BCUT2D eigenvalue weighted by atomic mass is 10.2. The molecule has 1 fully saturated rings. The Balaban J connectivity index is 1.82. The molecule has 2 aliphatic rings. The Kier molecular flexibility index (Phi) is 4.07. The molecule has 0 unspecified atom stereocenters. The number of anilines is 2. The average Bonchev–Trinajstić information content (AvgIpc) is 3.15. The van der Waals surface area contributed by atoms with Crippen LogP contribution in [0, 0.1) is 19.7 Å². The molecule has 2 aromatic rings. The molecule has 0 bridgehead atoms. The molecule has 25 heavy (non-hydrogen) atoms. The predicted octanol–water partition coefficient (Wildman–Crippen LogP) is 3.31.